The minimum absolute atomic E-state index is 0.000920. The Hall–Kier alpha value is -2.52. The van der Waals surface area contributed by atoms with E-state index in [2.05, 4.69) is 0 Å². The fourth-order valence-corrected chi connectivity index (χ4v) is 2.56. The quantitative estimate of drug-likeness (QED) is 0.698. The van der Waals surface area contributed by atoms with Gasteiger partial charge in [0.05, 0.1) is 0 Å². The molecule has 1 amide bonds. The van der Waals surface area contributed by atoms with Crippen molar-refractivity contribution >= 4 is 17.5 Å². The number of carbonyl (C=O) groups excluding carboxylic acids is 1. The van der Waals surface area contributed by atoms with Crippen molar-refractivity contribution in [2.45, 2.75) is 6.54 Å². The molecule has 1 aromatic heterocycles. The molecule has 0 aliphatic heterocycles. The SMILES string of the molecule is CN(Cc1ccc(Cl)cc1)C(=O)c1ccc(-n2cccc2)cc1. The second-order valence-corrected chi connectivity index (χ2v) is 5.86. The largest absolute Gasteiger partial charge is 0.337 e. The van der Waals surface area contributed by atoms with Crippen molar-refractivity contribution in [3.05, 3.63) is 89.2 Å². The van der Waals surface area contributed by atoms with Crippen LogP contribution in [0.2, 0.25) is 5.02 Å². The Morgan fingerprint density at radius 3 is 2.22 bits per heavy atom. The first-order chi connectivity index (χ1) is 11.1. The molecule has 3 aromatic rings. The van der Waals surface area contributed by atoms with Crippen LogP contribution in [-0.4, -0.2) is 22.4 Å². The van der Waals surface area contributed by atoms with Gasteiger partial charge in [-0.2, -0.15) is 0 Å². The van der Waals surface area contributed by atoms with E-state index >= 15 is 0 Å². The van der Waals surface area contributed by atoms with Gasteiger partial charge in [-0.05, 0) is 54.1 Å². The first kappa shape index (κ1) is 15.4. The van der Waals surface area contributed by atoms with Crippen LogP contribution in [-0.2, 0) is 6.54 Å². The molecule has 3 rings (SSSR count). The van der Waals surface area contributed by atoms with Gasteiger partial charge in [0.25, 0.3) is 5.91 Å². The third-order valence-corrected chi connectivity index (χ3v) is 3.95. The Kier molecular flexibility index (Phi) is 4.49. The van der Waals surface area contributed by atoms with Crippen LogP contribution in [0.1, 0.15) is 15.9 Å². The molecule has 0 N–H and O–H groups in total. The minimum atomic E-state index is -0.000920. The molecule has 0 unspecified atom stereocenters. The summed E-state index contributed by atoms with van der Waals surface area (Å²) in [5.41, 5.74) is 2.76. The fraction of sp³-hybridized carbons (Fsp3) is 0.105. The number of amides is 1. The van der Waals surface area contributed by atoms with Crippen LogP contribution in [0.5, 0.6) is 0 Å². The van der Waals surface area contributed by atoms with Crippen molar-refractivity contribution in [2.24, 2.45) is 0 Å². The summed E-state index contributed by atoms with van der Waals surface area (Å²) in [6, 6.07) is 19.1. The Morgan fingerprint density at radius 2 is 1.61 bits per heavy atom. The van der Waals surface area contributed by atoms with Gasteiger partial charge in [0.15, 0.2) is 0 Å². The first-order valence-corrected chi connectivity index (χ1v) is 7.74. The lowest BCUT2D eigenvalue weighted by Crippen LogP contribution is -2.26. The average molecular weight is 325 g/mol. The number of rotatable bonds is 4. The number of benzene rings is 2. The van der Waals surface area contributed by atoms with E-state index in [0.717, 1.165) is 11.3 Å². The molecule has 0 spiro atoms. The van der Waals surface area contributed by atoms with Gasteiger partial charge in [-0.1, -0.05) is 23.7 Å². The summed E-state index contributed by atoms with van der Waals surface area (Å²) in [6.07, 6.45) is 3.95. The van der Waals surface area contributed by atoms with E-state index in [1.165, 1.54) is 0 Å². The number of halogens is 1. The predicted octanol–water partition coefficient (Wildman–Crippen LogP) is 4.40. The third-order valence-electron chi connectivity index (χ3n) is 3.70. The Morgan fingerprint density at radius 1 is 1.00 bits per heavy atom. The van der Waals surface area contributed by atoms with E-state index in [1.54, 1.807) is 11.9 Å². The number of nitrogens with zero attached hydrogens (tertiary/aromatic N) is 2. The van der Waals surface area contributed by atoms with Crippen LogP contribution < -0.4 is 0 Å². The summed E-state index contributed by atoms with van der Waals surface area (Å²) in [5.74, 6) is -0.000920. The molecule has 0 aliphatic carbocycles. The molecule has 23 heavy (non-hydrogen) atoms. The lowest BCUT2D eigenvalue weighted by molar-refractivity contribution is 0.0785. The zero-order valence-corrected chi connectivity index (χ0v) is 13.6. The topological polar surface area (TPSA) is 25.2 Å². The van der Waals surface area contributed by atoms with Crippen LogP contribution >= 0.6 is 11.6 Å². The number of carbonyl (C=O) groups is 1. The highest BCUT2D eigenvalue weighted by Crippen LogP contribution is 2.14. The molecule has 1 heterocycles. The van der Waals surface area contributed by atoms with Crippen molar-refractivity contribution in [2.75, 3.05) is 7.05 Å². The molecule has 0 fully saturated rings. The van der Waals surface area contributed by atoms with Crippen LogP contribution in [0.3, 0.4) is 0 Å². The maximum atomic E-state index is 12.5. The standard InChI is InChI=1S/C19H17ClN2O/c1-21(14-15-4-8-17(20)9-5-15)19(23)16-6-10-18(11-7-16)22-12-2-3-13-22/h2-13H,14H2,1H3. The van der Waals surface area contributed by atoms with Crippen LogP contribution in [0.4, 0.5) is 0 Å². The van der Waals surface area contributed by atoms with Crippen LogP contribution in [0.25, 0.3) is 5.69 Å². The second-order valence-electron chi connectivity index (χ2n) is 5.42. The molecule has 116 valence electrons. The van der Waals surface area contributed by atoms with Crippen molar-refractivity contribution in [1.29, 1.82) is 0 Å². The van der Waals surface area contributed by atoms with Gasteiger partial charge in [-0.25, -0.2) is 0 Å². The van der Waals surface area contributed by atoms with E-state index in [4.69, 9.17) is 11.6 Å². The highest BCUT2D eigenvalue weighted by atomic mass is 35.5. The molecular formula is C19H17ClN2O. The van der Waals surface area contributed by atoms with Crippen molar-refractivity contribution in [1.82, 2.24) is 9.47 Å². The number of aromatic nitrogens is 1. The smallest absolute Gasteiger partial charge is 0.253 e. The van der Waals surface area contributed by atoms with E-state index in [9.17, 15) is 4.79 Å². The summed E-state index contributed by atoms with van der Waals surface area (Å²) in [7, 11) is 1.80. The van der Waals surface area contributed by atoms with E-state index < -0.39 is 0 Å². The van der Waals surface area contributed by atoms with Gasteiger partial charge in [-0.3, -0.25) is 4.79 Å². The molecule has 2 aromatic carbocycles. The maximum Gasteiger partial charge on any atom is 0.253 e. The van der Waals surface area contributed by atoms with E-state index in [0.29, 0.717) is 17.1 Å². The van der Waals surface area contributed by atoms with Gasteiger partial charge < -0.3 is 9.47 Å². The predicted molar refractivity (Wildman–Crippen MR) is 93.0 cm³/mol. The summed E-state index contributed by atoms with van der Waals surface area (Å²) in [4.78, 5) is 14.2. The molecule has 3 nitrogen and oxygen atoms in total. The van der Waals surface area contributed by atoms with Crippen LogP contribution in [0, 0.1) is 0 Å². The molecule has 0 radical (unpaired) electrons. The van der Waals surface area contributed by atoms with Gasteiger partial charge >= 0.3 is 0 Å². The molecule has 0 bridgehead atoms. The van der Waals surface area contributed by atoms with Gasteiger partial charge in [-0.15, -0.1) is 0 Å². The lowest BCUT2D eigenvalue weighted by atomic mass is 10.1. The maximum absolute atomic E-state index is 12.5. The normalized spacial score (nSPS) is 10.5. The molecule has 0 saturated carbocycles. The second kappa shape index (κ2) is 6.71. The average Bonchev–Trinajstić information content (AvgIpc) is 3.11. The molecular weight excluding hydrogens is 308 g/mol. The van der Waals surface area contributed by atoms with Gasteiger partial charge in [0.2, 0.25) is 0 Å². The number of hydrogen-bond acceptors (Lipinski definition) is 1. The summed E-state index contributed by atoms with van der Waals surface area (Å²) in [5, 5.41) is 0.698. The molecule has 4 heteroatoms. The monoisotopic (exact) mass is 324 g/mol. The van der Waals surface area contributed by atoms with E-state index in [1.807, 2.05) is 77.6 Å². The zero-order valence-electron chi connectivity index (χ0n) is 12.8. The lowest BCUT2D eigenvalue weighted by Gasteiger charge is -2.17. The summed E-state index contributed by atoms with van der Waals surface area (Å²) < 4.78 is 2.01. The summed E-state index contributed by atoms with van der Waals surface area (Å²) >= 11 is 5.88. The van der Waals surface area contributed by atoms with Crippen molar-refractivity contribution in [3.8, 4) is 5.69 Å². The Bertz CT molecular complexity index is 777. The molecule has 0 atom stereocenters. The fourth-order valence-electron chi connectivity index (χ4n) is 2.44. The highest BCUT2D eigenvalue weighted by Gasteiger charge is 2.12. The minimum Gasteiger partial charge on any atom is -0.337 e. The third kappa shape index (κ3) is 3.63. The van der Waals surface area contributed by atoms with Crippen LogP contribution in [0.15, 0.2) is 73.1 Å². The Balaban J connectivity index is 1.70. The van der Waals surface area contributed by atoms with Gasteiger partial charge in [0.1, 0.15) is 0 Å². The highest BCUT2D eigenvalue weighted by molar-refractivity contribution is 6.30. The zero-order chi connectivity index (χ0) is 16.2. The first-order valence-electron chi connectivity index (χ1n) is 7.37. The van der Waals surface area contributed by atoms with E-state index in [-0.39, 0.29) is 5.91 Å². The van der Waals surface area contributed by atoms with Crippen molar-refractivity contribution < 1.29 is 4.79 Å². The molecule has 0 saturated heterocycles. The van der Waals surface area contributed by atoms with Crippen molar-refractivity contribution in [3.63, 3.8) is 0 Å². The molecule has 0 aliphatic rings. The Labute approximate surface area is 140 Å². The van der Waals surface area contributed by atoms with Gasteiger partial charge in [0, 0.05) is 42.3 Å². The number of hydrogen-bond donors (Lipinski definition) is 0. The summed E-state index contributed by atoms with van der Waals surface area (Å²) in [6.45, 7) is 0.551.